The minimum Gasteiger partial charge on any atom is -0.492 e. The molecule has 4 N–H and O–H groups in total. The largest absolute Gasteiger partial charge is 0.492 e. The molecular formula is C17H15F3N4O. The first-order valence-electron chi connectivity index (χ1n) is 7.45. The Morgan fingerprint density at radius 3 is 2.36 bits per heavy atom. The van der Waals surface area contributed by atoms with Crippen LogP contribution in [0.15, 0.2) is 42.5 Å². The first kappa shape index (κ1) is 16.8. The van der Waals surface area contributed by atoms with Crippen LogP contribution in [-0.4, -0.2) is 16.6 Å². The van der Waals surface area contributed by atoms with Gasteiger partial charge in [0.05, 0.1) is 23.1 Å². The van der Waals surface area contributed by atoms with Gasteiger partial charge < -0.3 is 16.2 Å². The van der Waals surface area contributed by atoms with Gasteiger partial charge in [0.25, 0.3) is 0 Å². The van der Waals surface area contributed by atoms with E-state index in [-0.39, 0.29) is 18.4 Å². The molecule has 0 bridgehead atoms. The summed E-state index contributed by atoms with van der Waals surface area (Å²) in [5, 5.41) is 0.559. The Kier molecular flexibility index (Phi) is 4.35. The third-order valence-corrected chi connectivity index (χ3v) is 3.66. The van der Waals surface area contributed by atoms with Crippen molar-refractivity contribution < 1.29 is 17.9 Å². The van der Waals surface area contributed by atoms with Crippen LogP contribution in [0.25, 0.3) is 10.9 Å². The van der Waals surface area contributed by atoms with Crippen LogP contribution in [0.5, 0.6) is 5.75 Å². The molecule has 1 aromatic heterocycles. The number of halogens is 3. The quantitative estimate of drug-likeness (QED) is 0.754. The Balaban J connectivity index is 1.71. The molecule has 0 spiro atoms. The zero-order chi connectivity index (χ0) is 18.0. The number of fused-ring (bicyclic) bond motifs is 1. The second kappa shape index (κ2) is 6.46. The number of nitrogens with two attached hydrogens (primary N) is 2. The van der Waals surface area contributed by atoms with E-state index in [0.717, 1.165) is 17.7 Å². The van der Waals surface area contributed by atoms with Crippen molar-refractivity contribution in [2.75, 3.05) is 18.1 Å². The second-order valence-corrected chi connectivity index (χ2v) is 5.41. The molecule has 0 fully saturated rings. The molecular weight excluding hydrogens is 333 g/mol. The minimum atomic E-state index is -4.34. The van der Waals surface area contributed by atoms with Crippen LogP contribution < -0.4 is 16.2 Å². The van der Waals surface area contributed by atoms with Crippen LogP contribution in [0.3, 0.4) is 0 Å². The summed E-state index contributed by atoms with van der Waals surface area (Å²) in [5.41, 5.74) is 12.1. The Bertz CT molecular complexity index is 895. The molecule has 1 heterocycles. The van der Waals surface area contributed by atoms with Crippen molar-refractivity contribution >= 4 is 22.7 Å². The summed E-state index contributed by atoms with van der Waals surface area (Å²) >= 11 is 0. The SMILES string of the molecule is Nc1nc(N)c2c(OCCc3ccc(C(F)(F)F)cc3)cccc2n1. The molecule has 0 amide bonds. The smallest absolute Gasteiger partial charge is 0.416 e. The van der Waals surface area contributed by atoms with Gasteiger partial charge in [0.1, 0.15) is 11.6 Å². The van der Waals surface area contributed by atoms with E-state index in [9.17, 15) is 13.2 Å². The third-order valence-electron chi connectivity index (χ3n) is 3.66. The van der Waals surface area contributed by atoms with Crippen molar-refractivity contribution in [1.82, 2.24) is 9.97 Å². The zero-order valence-corrected chi connectivity index (χ0v) is 13.0. The number of aromatic nitrogens is 2. The van der Waals surface area contributed by atoms with Gasteiger partial charge >= 0.3 is 6.18 Å². The average molecular weight is 348 g/mol. The van der Waals surface area contributed by atoms with Gasteiger partial charge in [-0.25, -0.2) is 4.98 Å². The van der Waals surface area contributed by atoms with Crippen molar-refractivity contribution in [1.29, 1.82) is 0 Å². The van der Waals surface area contributed by atoms with Crippen molar-refractivity contribution in [3.8, 4) is 5.75 Å². The molecule has 3 rings (SSSR count). The van der Waals surface area contributed by atoms with E-state index in [1.165, 1.54) is 12.1 Å². The molecule has 0 radical (unpaired) electrons. The van der Waals surface area contributed by atoms with E-state index in [2.05, 4.69) is 9.97 Å². The molecule has 0 aliphatic carbocycles. The van der Waals surface area contributed by atoms with E-state index in [1.807, 2.05) is 0 Å². The summed E-state index contributed by atoms with van der Waals surface area (Å²) in [6, 6.07) is 10.2. The van der Waals surface area contributed by atoms with E-state index in [0.29, 0.717) is 23.1 Å². The van der Waals surface area contributed by atoms with Gasteiger partial charge in [-0.2, -0.15) is 18.2 Å². The molecule has 0 aliphatic heterocycles. The number of alkyl halides is 3. The van der Waals surface area contributed by atoms with Crippen LogP contribution in [0, 0.1) is 0 Å². The van der Waals surface area contributed by atoms with Crippen LogP contribution in [-0.2, 0) is 12.6 Å². The Hall–Kier alpha value is -3.03. The van der Waals surface area contributed by atoms with Crippen LogP contribution in [0.2, 0.25) is 0 Å². The van der Waals surface area contributed by atoms with Gasteiger partial charge in [-0.15, -0.1) is 0 Å². The maximum atomic E-state index is 12.6. The highest BCUT2D eigenvalue weighted by Gasteiger charge is 2.29. The maximum Gasteiger partial charge on any atom is 0.416 e. The Labute approximate surface area is 141 Å². The van der Waals surface area contributed by atoms with Crippen LogP contribution in [0.4, 0.5) is 24.9 Å². The summed E-state index contributed by atoms with van der Waals surface area (Å²) in [6.45, 7) is 0.272. The molecule has 25 heavy (non-hydrogen) atoms. The second-order valence-electron chi connectivity index (χ2n) is 5.41. The normalized spacial score (nSPS) is 11.6. The number of ether oxygens (including phenoxy) is 1. The molecule has 8 heteroatoms. The lowest BCUT2D eigenvalue weighted by molar-refractivity contribution is -0.137. The number of benzene rings is 2. The van der Waals surface area contributed by atoms with Gasteiger partial charge in [-0.05, 0) is 29.8 Å². The van der Waals surface area contributed by atoms with E-state index in [4.69, 9.17) is 16.2 Å². The third kappa shape index (κ3) is 3.73. The van der Waals surface area contributed by atoms with Gasteiger partial charge in [0.2, 0.25) is 5.95 Å². The fourth-order valence-electron chi connectivity index (χ4n) is 2.46. The topological polar surface area (TPSA) is 87.0 Å². The molecule has 130 valence electrons. The highest BCUT2D eigenvalue weighted by molar-refractivity contribution is 5.94. The summed E-state index contributed by atoms with van der Waals surface area (Å²) < 4.78 is 43.4. The fraction of sp³-hybridized carbons (Fsp3) is 0.176. The predicted octanol–water partition coefficient (Wildman–Crippen LogP) is 3.43. The van der Waals surface area contributed by atoms with E-state index < -0.39 is 11.7 Å². The lowest BCUT2D eigenvalue weighted by atomic mass is 10.1. The van der Waals surface area contributed by atoms with Gasteiger partial charge in [0.15, 0.2) is 0 Å². The van der Waals surface area contributed by atoms with Gasteiger partial charge in [-0.3, -0.25) is 0 Å². The molecule has 0 saturated heterocycles. The van der Waals surface area contributed by atoms with Crippen molar-refractivity contribution in [2.45, 2.75) is 12.6 Å². The summed E-state index contributed by atoms with van der Waals surface area (Å²) in [5.74, 6) is 0.793. The van der Waals surface area contributed by atoms with Crippen LogP contribution in [0.1, 0.15) is 11.1 Å². The first-order chi connectivity index (χ1) is 11.8. The lowest BCUT2D eigenvalue weighted by Crippen LogP contribution is -2.06. The number of hydrogen-bond donors (Lipinski definition) is 2. The molecule has 3 aromatic rings. The lowest BCUT2D eigenvalue weighted by Gasteiger charge is -2.11. The number of anilines is 2. The Morgan fingerprint density at radius 1 is 0.960 bits per heavy atom. The van der Waals surface area contributed by atoms with E-state index >= 15 is 0 Å². The van der Waals surface area contributed by atoms with Crippen LogP contribution >= 0.6 is 0 Å². The molecule has 5 nitrogen and oxygen atoms in total. The number of rotatable bonds is 4. The highest BCUT2D eigenvalue weighted by Crippen LogP contribution is 2.30. The number of nitrogens with zero attached hydrogens (tertiary/aromatic N) is 2. The van der Waals surface area contributed by atoms with E-state index in [1.54, 1.807) is 18.2 Å². The fourth-order valence-corrected chi connectivity index (χ4v) is 2.46. The molecule has 0 unspecified atom stereocenters. The molecule has 0 aliphatic rings. The zero-order valence-electron chi connectivity index (χ0n) is 13.0. The maximum absolute atomic E-state index is 12.6. The van der Waals surface area contributed by atoms with Crippen molar-refractivity contribution in [3.05, 3.63) is 53.6 Å². The number of nitrogen functional groups attached to an aromatic ring is 2. The first-order valence-corrected chi connectivity index (χ1v) is 7.45. The minimum absolute atomic E-state index is 0.0758. The number of hydrogen-bond acceptors (Lipinski definition) is 5. The summed E-state index contributed by atoms with van der Waals surface area (Å²) in [6.07, 6.45) is -3.89. The van der Waals surface area contributed by atoms with Gasteiger partial charge in [0, 0.05) is 6.42 Å². The highest BCUT2D eigenvalue weighted by atomic mass is 19.4. The van der Waals surface area contributed by atoms with Crippen molar-refractivity contribution in [3.63, 3.8) is 0 Å². The average Bonchev–Trinajstić information content (AvgIpc) is 2.54. The molecule has 0 atom stereocenters. The predicted molar refractivity (Wildman–Crippen MR) is 89.0 cm³/mol. The van der Waals surface area contributed by atoms with Crippen molar-refractivity contribution in [2.24, 2.45) is 0 Å². The standard InChI is InChI=1S/C17H15F3N4O/c18-17(19,20)11-6-4-10(5-7-11)8-9-25-13-3-1-2-12-14(13)15(21)24-16(22)23-12/h1-7H,8-9H2,(H4,21,22,23,24). The molecule has 0 saturated carbocycles. The monoisotopic (exact) mass is 348 g/mol. The summed E-state index contributed by atoms with van der Waals surface area (Å²) in [7, 11) is 0. The summed E-state index contributed by atoms with van der Waals surface area (Å²) in [4.78, 5) is 8.02. The van der Waals surface area contributed by atoms with Gasteiger partial charge in [-0.1, -0.05) is 18.2 Å². The molecule has 2 aromatic carbocycles. The Morgan fingerprint density at radius 2 is 1.68 bits per heavy atom.